The summed E-state index contributed by atoms with van der Waals surface area (Å²) in [7, 11) is 0. The molecule has 3 amide bonds. The molecule has 0 atom stereocenters. The Morgan fingerprint density at radius 3 is 2.40 bits per heavy atom. The number of carbonyl (C=O) groups excluding carboxylic acids is 3. The summed E-state index contributed by atoms with van der Waals surface area (Å²) in [6.07, 6.45) is -0.397. The monoisotopic (exact) mass is 475 g/mol. The third kappa shape index (κ3) is 8.65. The van der Waals surface area contributed by atoms with Crippen molar-refractivity contribution in [2.45, 2.75) is 39.3 Å². The van der Waals surface area contributed by atoms with Crippen molar-refractivity contribution in [3.05, 3.63) is 64.1 Å². The first kappa shape index (κ1) is 23.4. The molecule has 30 heavy (non-hydrogen) atoms. The third-order valence-electron chi connectivity index (χ3n) is 3.80. The van der Waals surface area contributed by atoms with E-state index >= 15 is 0 Å². The van der Waals surface area contributed by atoms with Gasteiger partial charge in [-0.1, -0.05) is 46.3 Å². The quantitative estimate of drug-likeness (QED) is 0.567. The van der Waals surface area contributed by atoms with Gasteiger partial charge in [-0.15, -0.1) is 0 Å². The van der Waals surface area contributed by atoms with Gasteiger partial charge in [0.1, 0.15) is 12.1 Å². The van der Waals surface area contributed by atoms with Crippen LogP contribution in [0.4, 0.5) is 10.5 Å². The predicted octanol–water partition coefficient (Wildman–Crippen LogP) is 3.77. The van der Waals surface area contributed by atoms with Crippen molar-refractivity contribution in [2.75, 3.05) is 11.9 Å². The lowest BCUT2D eigenvalue weighted by Crippen LogP contribution is -2.39. The highest BCUT2D eigenvalue weighted by atomic mass is 79.9. The number of carbonyl (C=O) groups is 3. The number of anilines is 1. The Morgan fingerprint density at radius 1 is 0.967 bits per heavy atom. The fourth-order valence-corrected chi connectivity index (χ4v) is 2.93. The second kappa shape index (κ2) is 10.8. The minimum absolute atomic E-state index is 0.135. The highest BCUT2D eigenvalue weighted by molar-refractivity contribution is 9.10. The normalized spacial score (nSPS) is 10.8. The standard InChI is InChI=1S/C22H26BrN3O4/c1-22(2,3)30-21(29)25-14-20(28)24-13-15-7-6-9-17(11-15)26-19(27)12-16-8-4-5-10-18(16)23/h4-11H,12-14H2,1-3H3,(H,24,28)(H,25,29)(H,26,27). The summed E-state index contributed by atoms with van der Waals surface area (Å²) >= 11 is 3.44. The minimum Gasteiger partial charge on any atom is -0.444 e. The lowest BCUT2D eigenvalue weighted by atomic mass is 10.1. The van der Waals surface area contributed by atoms with E-state index < -0.39 is 11.7 Å². The summed E-state index contributed by atoms with van der Waals surface area (Å²) in [5.74, 6) is -0.478. The molecule has 0 aliphatic rings. The minimum atomic E-state index is -0.646. The SMILES string of the molecule is CC(C)(C)OC(=O)NCC(=O)NCc1cccc(NC(=O)Cc2ccccc2Br)c1. The van der Waals surface area contributed by atoms with Gasteiger partial charge < -0.3 is 20.7 Å². The van der Waals surface area contributed by atoms with E-state index in [0.29, 0.717) is 5.69 Å². The second-order valence-electron chi connectivity index (χ2n) is 7.65. The van der Waals surface area contributed by atoms with Crippen molar-refractivity contribution in [1.29, 1.82) is 0 Å². The molecule has 0 aliphatic heterocycles. The summed E-state index contributed by atoms with van der Waals surface area (Å²) in [6, 6.07) is 14.8. The van der Waals surface area contributed by atoms with E-state index in [1.54, 1.807) is 39.0 Å². The maximum Gasteiger partial charge on any atom is 0.408 e. The van der Waals surface area contributed by atoms with Gasteiger partial charge in [0.25, 0.3) is 0 Å². The number of benzene rings is 2. The maximum absolute atomic E-state index is 12.3. The van der Waals surface area contributed by atoms with Gasteiger partial charge in [0, 0.05) is 16.7 Å². The fraction of sp³-hybridized carbons (Fsp3) is 0.318. The van der Waals surface area contributed by atoms with Crippen LogP contribution in [0.25, 0.3) is 0 Å². The fourth-order valence-electron chi connectivity index (χ4n) is 2.51. The third-order valence-corrected chi connectivity index (χ3v) is 4.58. The number of halogens is 1. The second-order valence-corrected chi connectivity index (χ2v) is 8.50. The Bertz CT molecular complexity index is 909. The Labute approximate surface area is 184 Å². The number of amides is 3. The smallest absolute Gasteiger partial charge is 0.408 e. The van der Waals surface area contributed by atoms with Crippen molar-refractivity contribution >= 4 is 39.5 Å². The van der Waals surface area contributed by atoms with Crippen LogP contribution in [0.5, 0.6) is 0 Å². The van der Waals surface area contributed by atoms with Crippen molar-refractivity contribution in [2.24, 2.45) is 0 Å². The average molecular weight is 476 g/mol. The molecule has 0 heterocycles. The molecule has 0 bridgehead atoms. The zero-order valence-electron chi connectivity index (χ0n) is 17.3. The van der Waals surface area contributed by atoms with Crippen LogP contribution in [0.2, 0.25) is 0 Å². The lowest BCUT2D eigenvalue weighted by Gasteiger charge is -2.19. The molecule has 0 saturated heterocycles. The van der Waals surface area contributed by atoms with Crippen molar-refractivity contribution in [3.8, 4) is 0 Å². The molecule has 0 aliphatic carbocycles. The van der Waals surface area contributed by atoms with Crippen LogP contribution >= 0.6 is 15.9 Å². The number of alkyl carbamates (subject to hydrolysis) is 1. The molecule has 0 spiro atoms. The molecule has 2 aromatic rings. The molecule has 2 rings (SSSR count). The van der Waals surface area contributed by atoms with Crippen molar-refractivity contribution in [1.82, 2.24) is 10.6 Å². The Balaban J connectivity index is 1.81. The summed E-state index contributed by atoms with van der Waals surface area (Å²) in [6.45, 7) is 5.32. The van der Waals surface area contributed by atoms with Gasteiger partial charge in [-0.05, 0) is 50.1 Å². The predicted molar refractivity (Wildman–Crippen MR) is 119 cm³/mol. The first-order valence-electron chi connectivity index (χ1n) is 9.48. The Kier molecular flexibility index (Phi) is 8.41. The summed E-state index contributed by atoms with van der Waals surface area (Å²) in [5.41, 5.74) is 1.74. The lowest BCUT2D eigenvalue weighted by molar-refractivity contribution is -0.120. The summed E-state index contributed by atoms with van der Waals surface area (Å²) in [5, 5.41) is 7.98. The largest absolute Gasteiger partial charge is 0.444 e. The van der Waals surface area contributed by atoms with Gasteiger partial charge in [0.05, 0.1) is 6.42 Å². The maximum atomic E-state index is 12.3. The summed E-state index contributed by atoms with van der Waals surface area (Å²) in [4.78, 5) is 35.8. The van der Waals surface area contributed by atoms with Crippen LogP contribution in [-0.4, -0.2) is 30.1 Å². The van der Waals surface area contributed by atoms with E-state index in [0.717, 1.165) is 15.6 Å². The van der Waals surface area contributed by atoms with Crippen LogP contribution in [0, 0.1) is 0 Å². The number of ether oxygens (including phenoxy) is 1. The molecule has 0 saturated carbocycles. The van der Waals surface area contributed by atoms with Crippen LogP contribution in [0.15, 0.2) is 53.0 Å². The zero-order valence-corrected chi connectivity index (χ0v) is 18.8. The molecule has 0 unspecified atom stereocenters. The Morgan fingerprint density at radius 2 is 1.70 bits per heavy atom. The topological polar surface area (TPSA) is 96.5 Å². The van der Waals surface area contributed by atoms with Crippen LogP contribution in [0.1, 0.15) is 31.9 Å². The molecule has 8 heteroatoms. The highest BCUT2D eigenvalue weighted by Gasteiger charge is 2.16. The van der Waals surface area contributed by atoms with E-state index in [2.05, 4.69) is 31.9 Å². The van der Waals surface area contributed by atoms with E-state index in [-0.39, 0.29) is 31.3 Å². The van der Waals surface area contributed by atoms with Gasteiger partial charge in [0.2, 0.25) is 11.8 Å². The first-order chi connectivity index (χ1) is 14.1. The van der Waals surface area contributed by atoms with Crippen LogP contribution < -0.4 is 16.0 Å². The van der Waals surface area contributed by atoms with Gasteiger partial charge in [0.15, 0.2) is 0 Å². The van der Waals surface area contributed by atoms with E-state index in [1.165, 1.54) is 0 Å². The number of hydrogen-bond donors (Lipinski definition) is 3. The molecular weight excluding hydrogens is 450 g/mol. The van der Waals surface area contributed by atoms with Crippen LogP contribution in [-0.2, 0) is 27.3 Å². The van der Waals surface area contributed by atoms with Gasteiger partial charge in [-0.25, -0.2) is 4.79 Å². The molecule has 7 nitrogen and oxygen atoms in total. The molecule has 2 aromatic carbocycles. The molecular formula is C22H26BrN3O4. The van der Waals surface area contributed by atoms with E-state index in [1.807, 2.05) is 30.3 Å². The van der Waals surface area contributed by atoms with E-state index in [9.17, 15) is 14.4 Å². The average Bonchev–Trinajstić information content (AvgIpc) is 2.65. The van der Waals surface area contributed by atoms with Gasteiger partial charge in [-0.2, -0.15) is 0 Å². The zero-order chi connectivity index (χ0) is 22.1. The number of rotatable bonds is 7. The highest BCUT2D eigenvalue weighted by Crippen LogP contribution is 2.17. The van der Waals surface area contributed by atoms with Crippen LogP contribution in [0.3, 0.4) is 0 Å². The van der Waals surface area contributed by atoms with Crippen molar-refractivity contribution in [3.63, 3.8) is 0 Å². The van der Waals surface area contributed by atoms with E-state index in [4.69, 9.17) is 4.74 Å². The molecule has 3 N–H and O–H groups in total. The number of nitrogens with one attached hydrogen (secondary N) is 3. The summed E-state index contributed by atoms with van der Waals surface area (Å²) < 4.78 is 5.97. The molecule has 0 fully saturated rings. The number of hydrogen-bond acceptors (Lipinski definition) is 4. The molecule has 160 valence electrons. The molecule has 0 aromatic heterocycles. The van der Waals surface area contributed by atoms with Crippen molar-refractivity contribution < 1.29 is 19.1 Å². The molecule has 0 radical (unpaired) electrons. The van der Waals surface area contributed by atoms with Gasteiger partial charge in [-0.3, -0.25) is 9.59 Å². The Hall–Kier alpha value is -2.87. The van der Waals surface area contributed by atoms with Gasteiger partial charge >= 0.3 is 6.09 Å². The first-order valence-corrected chi connectivity index (χ1v) is 10.3.